The SMILES string of the molecule is COc1cccc(CN2CCCC(C(=O)NC(C)(C)C)C2)c1. The molecule has 0 radical (unpaired) electrons. The van der Waals surface area contributed by atoms with Gasteiger partial charge in [0.2, 0.25) is 5.91 Å². The predicted octanol–water partition coefficient (Wildman–Crippen LogP) is 2.82. The number of likely N-dealkylation sites (tertiary alicyclic amines) is 1. The third-order valence-corrected chi connectivity index (χ3v) is 3.91. The van der Waals surface area contributed by atoms with Crippen molar-refractivity contribution >= 4 is 5.91 Å². The molecule has 0 aromatic heterocycles. The van der Waals surface area contributed by atoms with Crippen LogP contribution >= 0.6 is 0 Å². The van der Waals surface area contributed by atoms with Crippen molar-refractivity contribution in [3.8, 4) is 5.75 Å². The van der Waals surface area contributed by atoms with Crippen molar-refractivity contribution < 1.29 is 9.53 Å². The van der Waals surface area contributed by atoms with Crippen molar-refractivity contribution in [1.82, 2.24) is 10.2 Å². The highest BCUT2D eigenvalue weighted by atomic mass is 16.5. The highest BCUT2D eigenvalue weighted by Crippen LogP contribution is 2.21. The molecule has 1 fully saturated rings. The summed E-state index contributed by atoms with van der Waals surface area (Å²) >= 11 is 0. The molecule has 1 aromatic carbocycles. The minimum Gasteiger partial charge on any atom is -0.497 e. The Bertz CT molecular complexity index is 508. The number of carbonyl (C=O) groups excluding carboxylic acids is 1. The molecule has 1 saturated heterocycles. The van der Waals surface area contributed by atoms with E-state index in [1.165, 1.54) is 5.56 Å². The van der Waals surface area contributed by atoms with E-state index in [4.69, 9.17) is 4.74 Å². The molecular weight excluding hydrogens is 276 g/mol. The van der Waals surface area contributed by atoms with Crippen molar-refractivity contribution in [3.63, 3.8) is 0 Å². The van der Waals surface area contributed by atoms with Gasteiger partial charge in [-0.3, -0.25) is 9.69 Å². The van der Waals surface area contributed by atoms with Gasteiger partial charge < -0.3 is 10.1 Å². The summed E-state index contributed by atoms with van der Waals surface area (Å²) in [5.74, 6) is 1.16. The summed E-state index contributed by atoms with van der Waals surface area (Å²) in [7, 11) is 1.69. The Morgan fingerprint density at radius 3 is 2.86 bits per heavy atom. The molecule has 0 spiro atoms. The average molecular weight is 304 g/mol. The Balaban J connectivity index is 1.94. The number of nitrogens with zero attached hydrogens (tertiary/aromatic N) is 1. The average Bonchev–Trinajstić information content (AvgIpc) is 2.46. The minimum atomic E-state index is -0.161. The van der Waals surface area contributed by atoms with Crippen molar-refractivity contribution in [2.75, 3.05) is 20.2 Å². The van der Waals surface area contributed by atoms with Crippen LogP contribution in [-0.4, -0.2) is 36.5 Å². The summed E-state index contributed by atoms with van der Waals surface area (Å²) < 4.78 is 5.28. The third kappa shape index (κ3) is 5.02. The number of amides is 1. The Hall–Kier alpha value is -1.55. The van der Waals surface area contributed by atoms with E-state index in [1.807, 2.05) is 32.9 Å². The van der Waals surface area contributed by atoms with Gasteiger partial charge in [-0.1, -0.05) is 12.1 Å². The largest absolute Gasteiger partial charge is 0.497 e. The van der Waals surface area contributed by atoms with E-state index in [1.54, 1.807) is 7.11 Å². The molecular formula is C18H28N2O2. The minimum absolute atomic E-state index is 0.0959. The first-order valence-corrected chi connectivity index (χ1v) is 8.05. The quantitative estimate of drug-likeness (QED) is 0.930. The number of carbonyl (C=O) groups is 1. The Kier molecular flexibility index (Phi) is 5.46. The zero-order valence-corrected chi connectivity index (χ0v) is 14.2. The highest BCUT2D eigenvalue weighted by molar-refractivity contribution is 5.79. The van der Waals surface area contributed by atoms with Gasteiger partial charge in [0.05, 0.1) is 13.0 Å². The van der Waals surface area contributed by atoms with Gasteiger partial charge in [0, 0.05) is 18.6 Å². The van der Waals surface area contributed by atoms with Crippen LogP contribution < -0.4 is 10.1 Å². The van der Waals surface area contributed by atoms with Crippen molar-refractivity contribution in [3.05, 3.63) is 29.8 Å². The number of hydrogen-bond acceptors (Lipinski definition) is 3. The number of ether oxygens (including phenoxy) is 1. The number of rotatable bonds is 4. The van der Waals surface area contributed by atoms with E-state index >= 15 is 0 Å². The smallest absolute Gasteiger partial charge is 0.224 e. The summed E-state index contributed by atoms with van der Waals surface area (Å²) in [6, 6.07) is 8.15. The second kappa shape index (κ2) is 7.14. The summed E-state index contributed by atoms with van der Waals surface area (Å²) in [6.07, 6.45) is 2.06. The van der Waals surface area contributed by atoms with Crippen molar-refractivity contribution in [1.29, 1.82) is 0 Å². The summed E-state index contributed by atoms with van der Waals surface area (Å²) in [5, 5.41) is 3.11. The summed E-state index contributed by atoms with van der Waals surface area (Å²) in [5.41, 5.74) is 1.07. The normalized spacial score (nSPS) is 19.7. The number of methoxy groups -OCH3 is 1. The van der Waals surface area contributed by atoms with Crippen LogP contribution in [0.25, 0.3) is 0 Å². The van der Waals surface area contributed by atoms with Crippen molar-refractivity contribution in [2.24, 2.45) is 5.92 Å². The lowest BCUT2D eigenvalue weighted by molar-refractivity contribution is -0.128. The first kappa shape index (κ1) is 16.8. The Morgan fingerprint density at radius 1 is 1.41 bits per heavy atom. The maximum Gasteiger partial charge on any atom is 0.224 e. The maximum absolute atomic E-state index is 12.4. The lowest BCUT2D eigenvalue weighted by Crippen LogP contribution is -2.48. The van der Waals surface area contributed by atoms with Gasteiger partial charge >= 0.3 is 0 Å². The topological polar surface area (TPSA) is 41.6 Å². The number of hydrogen-bond donors (Lipinski definition) is 1. The summed E-state index contributed by atoms with van der Waals surface area (Å²) in [6.45, 7) is 8.84. The molecule has 22 heavy (non-hydrogen) atoms. The first-order valence-electron chi connectivity index (χ1n) is 8.05. The fraction of sp³-hybridized carbons (Fsp3) is 0.611. The van der Waals surface area contributed by atoms with Crippen LogP contribution in [0.4, 0.5) is 0 Å². The molecule has 1 aromatic rings. The van der Waals surface area contributed by atoms with Gasteiger partial charge in [-0.15, -0.1) is 0 Å². The Morgan fingerprint density at radius 2 is 2.18 bits per heavy atom. The van der Waals surface area contributed by atoms with Gasteiger partial charge in [0.1, 0.15) is 5.75 Å². The fourth-order valence-electron chi connectivity index (χ4n) is 2.91. The van der Waals surface area contributed by atoms with E-state index < -0.39 is 0 Å². The van der Waals surface area contributed by atoms with Crippen molar-refractivity contribution in [2.45, 2.75) is 45.7 Å². The standard InChI is InChI=1S/C18H28N2O2/c1-18(2,3)19-17(21)15-8-6-10-20(13-15)12-14-7-5-9-16(11-14)22-4/h5,7,9,11,15H,6,8,10,12-13H2,1-4H3,(H,19,21). The van der Waals surface area contributed by atoms with Crippen LogP contribution in [0.5, 0.6) is 5.75 Å². The lowest BCUT2D eigenvalue weighted by atomic mass is 9.95. The van der Waals surface area contributed by atoms with E-state index in [0.29, 0.717) is 0 Å². The molecule has 0 aliphatic carbocycles. The number of benzene rings is 1. The van der Waals surface area contributed by atoms with Gasteiger partial charge in [0.15, 0.2) is 0 Å². The molecule has 1 aliphatic heterocycles. The van der Waals surface area contributed by atoms with Gasteiger partial charge in [0.25, 0.3) is 0 Å². The van der Waals surface area contributed by atoms with Gasteiger partial charge in [-0.2, -0.15) is 0 Å². The molecule has 1 amide bonds. The summed E-state index contributed by atoms with van der Waals surface area (Å²) in [4.78, 5) is 14.7. The van der Waals surface area contributed by atoms with Crippen LogP contribution in [-0.2, 0) is 11.3 Å². The Labute approximate surface area is 133 Å². The maximum atomic E-state index is 12.4. The monoisotopic (exact) mass is 304 g/mol. The number of piperidine rings is 1. The lowest BCUT2D eigenvalue weighted by Gasteiger charge is -2.33. The van der Waals surface area contributed by atoms with E-state index in [-0.39, 0.29) is 17.4 Å². The number of nitrogens with one attached hydrogen (secondary N) is 1. The van der Waals surface area contributed by atoms with Gasteiger partial charge in [-0.05, 0) is 57.9 Å². The first-order chi connectivity index (χ1) is 10.4. The van der Waals surface area contributed by atoms with Crippen LogP contribution in [0.3, 0.4) is 0 Å². The molecule has 2 rings (SSSR count). The van der Waals surface area contributed by atoms with Crippen LogP contribution in [0.2, 0.25) is 0 Å². The molecule has 0 saturated carbocycles. The molecule has 1 aliphatic rings. The zero-order chi connectivity index (χ0) is 16.2. The van der Waals surface area contributed by atoms with Gasteiger partial charge in [-0.25, -0.2) is 0 Å². The molecule has 1 atom stereocenters. The zero-order valence-electron chi connectivity index (χ0n) is 14.2. The van der Waals surface area contributed by atoms with Crippen LogP contribution in [0, 0.1) is 5.92 Å². The molecule has 1 N–H and O–H groups in total. The molecule has 122 valence electrons. The van der Waals surface area contributed by atoms with E-state index in [0.717, 1.165) is 38.2 Å². The fourth-order valence-corrected chi connectivity index (χ4v) is 2.91. The highest BCUT2D eigenvalue weighted by Gasteiger charge is 2.27. The molecule has 4 heteroatoms. The van der Waals surface area contributed by atoms with Crippen LogP contribution in [0.15, 0.2) is 24.3 Å². The molecule has 1 heterocycles. The molecule has 1 unspecified atom stereocenters. The van der Waals surface area contributed by atoms with E-state index in [2.05, 4.69) is 22.3 Å². The van der Waals surface area contributed by atoms with Crippen LogP contribution in [0.1, 0.15) is 39.2 Å². The second-order valence-corrected chi connectivity index (χ2v) is 7.17. The predicted molar refractivity (Wildman–Crippen MR) is 88.9 cm³/mol. The van der Waals surface area contributed by atoms with E-state index in [9.17, 15) is 4.79 Å². The molecule has 4 nitrogen and oxygen atoms in total. The third-order valence-electron chi connectivity index (χ3n) is 3.91. The molecule has 0 bridgehead atoms. The second-order valence-electron chi connectivity index (χ2n) is 7.17.